The molecule has 78 valence electrons. The molecule has 1 heterocycles. The molecule has 0 amide bonds. The van der Waals surface area contributed by atoms with Gasteiger partial charge in [0, 0.05) is 15.8 Å². The number of thiophene rings is 1. The van der Waals surface area contributed by atoms with Crippen LogP contribution in [-0.2, 0) is 12.8 Å². The van der Waals surface area contributed by atoms with E-state index in [0.29, 0.717) is 6.04 Å². The molecule has 0 saturated carbocycles. The predicted octanol–water partition coefficient (Wildman–Crippen LogP) is 3.30. The lowest BCUT2D eigenvalue weighted by molar-refractivity contribution is 0.549. The quantitative estimate of drug-likeness (QED) is 0.802. The molecule has 0 aromatic carbocycles. The van der Waals surface area contributed by atoms with Gasteiger partial charge in [0.25, 0.3) is 0 Å². The van der Waals surface area contributed by atoms with Gasteiger partial charge in [-0.05, 0) is 44.4 Å². The van der Waals surface area contributed by atoms with Crippen LogP contribution < -0.4 is 5.32 Å². The zero-order chi connectivity index (χ0) is 9.97. The number of rotatable bonds is 4. The first-order valence-corrected chi connectivity index (χ1v) is 6.45. The lowest BCUT2D eigenvalue weighted by Crippen LogP contribution is -2.14. The second-order valence-corrected chi connectivity index (χ2v) is 5.25. The lowest BCUT2D eigenvalue weighted by Gasteiger charge is -2.12. The summed E-state index contributed by atoms with van der Waals surface area (Å²) in [6.45, 7) is 2.26. The van der Waals surface area contributed by atoms with Gasteiger partial charge in [0.05, 0.1) is 0 Å². The molecule has 14 heavy (non-hydrogen) atoms. The van der Waals surface area contributed by atoms with Crippen LogP contribution in [0.5, 0.6) is 0 Å². The van der Waals surface area contributed by atoms with Crippen LogP contribution in [0.15, 0.2) is 6.07 Å². The van der Waals surface area contributed by atoms with E-state index in [1.807, 2.05) is 11.3 Å². The van der Waals surface area contributed by atoms with Gasteiger partial charge < -0.3 is 5.32 Å². The van der Waals surface area contributed by atoms with Crippen LogP contribution in [0, 0.1) is 0 Å². The minimum Gasteiger partial charge on any atom is -0.312 e. The van der Waals surface area contributed by atoms with E-state index in [1.54, 1.807) is 15.3 Å². The predicted molar refractivity (Wildman–Crippen MR) is 63.1 cm³/mol. The first-order chi connectivity index (χ1) is 6.85. The first-order valence-electron chi connectivity index (χ1n) is 5.64. The van der Waals surface area contributed by atoms with Crippen molar-refractivity contribution in [1.29, 1.82) is 0 Å². The van der Waals surface area contributed by atoms with Crippen LogP contribution in [-0.4, -0.2) is 7.05 Å². The zero-order valence-electron chi connectivity index (χ0n) is 9.10. The molecule has 0 spiro atoms. The third kappa shape index (κ3) is 1.86. The maximum absolute atomic E-state index is 3.42. The summed E-state index contributed by atoms with van der Waals surface area (Å²) in [4.78, 5) is 3.20. The standard InChI is InChI=1S/C12H19NS/c1-3-5-10(13-2)12-8-9-6-4-7-11(9)14-12/h8,10,13H,3-7H2,1-2H3. The van der Waals surface area contributed by atoms with Gasteiger partial charge in [-0.15, -0.1) is 11.3 Å². The van der Waals surface area contributed by atoms with E-state index in [1.165, 1.54) is 32.1 Å². The van der Waals surface area contributed by atoms with Gasteiger partial charge in [-0.25, -0.2) is 0 Å². The second kappa shape index (κ2) is 4.45. The largest absolute Gasteiger partial charge is 0.312 e. The van der Waals surface area contributed by atoms with Gasteiger partial charge in [0.15, 0.2) is 0 Å². The molecule has 1 aliphatic carbocycles. The van der Waals surface area contributed by atoms with Gasteiger partial charge in [0.2, 0.25) is 0 Å². The second-order valence-electron chi connectivity index (χ2n) is 4.08. The fraction of sp³-hybridized carbons (Fsp3) is 0.667. The van der Waals surface area contributed by atoms with Crippen LogP contribution in [0.25, 0.3) is 0 Å². The Balaban J connectivity index is 2.14. The highest BCUT2D eigenvalue weighted by molar-refractivity contribution is 7.12. The topological polar surface area (TPSA) is 12.0 Å². The molecule has 0 bridgehead atoms. The molecule has 1 aromatic rings. The molecule has 0 saturated heterocycles. The van der Waals surface area contributed by atoms with Crippen molar-refractivity contribution in [3.8, 4) is 0 Å². The summed E-state index contributed by atoms with van der Waals surface area (Å²) in [5.41, 5.74) is 1.63. The highest BCUT2D eigenvalue weighted by atomic mass is 32.1. The summed E-state index contributed by atoms with van der Waals surface area (Å²) in [6, 6.07) is 3.03. The van der Waals surface area contributed by atoms with Gasteiger partial charge in [0.1, 0.15) is 0 Å². The van der Waals surface area contributed by atoms with E-state index >= 15 is 0 Å². The molecule has 0 aliphatic heterocycles. The Kier molecular flexibility index (Phi) is 3.24. The molecule has 2 rings (SSSR count). The van der Waals surface area contributed by atoms with E-state index < -0.39 is 0 Å². The van der Waals surface area contributed by atoms with E-state index in [2.05, 4.69) is 25.4 Å². The molecule has 1 aliphatic rings. The minimum atomic E-state index is 0.593. The van der Waals surface area contributed by atoms with Crippen molar-refractivity contribution < 1.29 is 0 Å². The molecule has 0 radical (unpaired) electrons. The average molecular weight is 209 g/mol. The minimum absolute atomic E-state index is 0.593. The lowest BCUT2D eigenvalue weighted by atomic mass is 10.1. The maximum Gasteiger partial charge on any atom is 0.0412 e. The van der Waals surface area contributed by atoms with Crippen LogP contribution in [0.1, 0.15) is 47.5 Å². The number of hydrogen-bond acceptors (Lipinski definition) is 2. The van der Waals surface area contributed by atoms with Crippen LogP contribution in [0.4, 0.5) is 0 Å². The average Bonchev–Trinajstić information content (AvgIpc) is 2.73. The van der Waals surface area contributed by atoms with Crippen LogP contribution in [0.3, 0.4) is 0 Å². The van der Waals surface area contributed by atoms with Gasteiger partial charge in [-0.2, -0.15) is 0 Å². The summed E-state index contributed by atoms with van der Waals surface area (Å²) >= 11 is 2.03. The van der Waals surface area contributed by atoms with Crippen molar-refractivity contribution >= 4 is 11.3 Å². The number of nitrogens with one attached hydrogen (secondary N) is 1. The molecular formula is C12H19NS. The van der Waals surface area contributed by atoms with Gasteiger partial charge in [-0.3, -0.25) is 0 Å². The summed E-state index contributed by atoms with van der Waals surface area (Å²) in [5.74, 6) is 0. The van der Waals surface area contributed by atoms with E-state index in [9.17, 15) is 0 Å². The van der Waals surface area contributed by atoms with Crippen molar-refractivity contribution in [3.63, 3.8) is 0 Å². The Labute approximate surface area is 90.5 Å². The third-order valence-corrected chi connectivity index (χ3v) is 4.39. The SMILES string of the molecule is CCCC(NC)c1cc2c(s1)CCC2. The monoisotopic (exact) mass is 209 g/mol. The van der Waals surface area contributed by atoms with E-state index in [-0.39, 0.29) is 0 Å². The van der Waals surface area contributed by atoms with Crippen molar-refractivity contribution in [2.45, 2.75) is 45.1 Å². The fourth-order valence-corrected chi connectivity index (χ4v) is 3.64. The summed E-state index contributed by atoms with van der Waals surface area (Å²) in [7, 11) is 2.07. The Hall–Kier alpha value is -0.340. The fourth-order valence-electron chi connectivity index (χ4n) is 2.24. The van der Waals surface area contributed by atoms with Crippen molar-refractivity contribution in [3.05, 3.63) is 21.4 Å². The van der Waals surface area contributed by atoms with E-state index in [0.717, 1.165) is 0 Å². The molecular weight excluding hydrogens is 190 g/mol. The normalized spacial score (nSPS) is 17.0. The van der Waals surface area contributed by atoms with E-state index in [4.69, 9.17) is 0 Å². The molecule has 1 N–H and O–H groups in total. The number of hydrogen-bond donors (Lipinski definition) is 1. The Bertz CT molecular complexity index is 282. The Morgan fingerprint density at radius 1 is 1.50 bits per heavy atom. The van der Waals surface area contributed by atoms with Crippen molar-refractivity contribution in [2.24, 2.45) is 0 Å². The zero-order valence-corrected chi connectivity index (χ0v) is 9.91. The highest BCUT2D eigenvalue weighted by Crippen LogP contribution is 2.34. The third-order valence-electron chi connectivity index (χ3n) is 3.03. The smallest absolute Gasteiger partial charge is 0.0412 e. The van der Waals surface area contributed by atoms with Crippen molar-refractivity contribution in [2.75, 3.05) is 7.05 Å². The maximum atomic E-state index is 3.42. The van der Waals surface area contributed by atoms with Crippen LogP contribution in [0.2, 0.25) is 0 Å². The van der Waals surface area contributed by atoms with Gasteiger partial charge in [-0.1, -0.05) is 13.3 Å². The van der Waals surface area contributed by atoms with Crippen LogP contribution >= 0.6 is 11.3 Å². The molecule has 1 aromatic heterocycles. The number of fused-ring (bicyclic) bond motifs is 1. The Morgan fingerprint density at radius 3 is 3.00 bits per heavy atom. The van der Waals surface area contributed by atoms with Crippen molar-refractivity contribution in [1.82, 2.24) is 5.32 Å². The summed E-state index contributed by atoms with van der Waals surface area (Å²) < 4.78 is 0. The number of aryl methyl sites for hydroxylation is 2. The molecule has 2 heteroatoms. The summed E-state index contributed by atoms with van der Waals surface area (Å²) in [5, 5.41) is 3.42. The first kappa shape index (κ1) is 10.2. The molecule has 0 fully saturated rings. The summed E-state index contributed by atoms with van der Waals surface area (Å²) in [6.07, 6.45) is 6.53. The molecule has 1 atom stereocenters. The molecule has 1 nitrogen and oxygen atoms in total. The molecule has 1 unspecified atom stereocenters. The highest BCUT2D eigenvalue weighted by Gasteiger charge is 2.18. The van der Waals surface area contributed by atoms with Gasteiger partial charge >= 0.3 is 0 Å². The Morgan fingerprint density at radius 2 is 2.36 bits per heavy atom.